The number of aromatic nitrogens is 1. The van der Waals surface area contributed by atoms with Crippen molar-refractivity contribution >= 4 is 46.0 Å². The molecule has 1 aromatic heterocycles. The van der Waals surface area contributed by atoms with E-state index in [0.29, 0.717) is 52.3 Å². The second-order valence-corrected chi connectivity index (χ2v) is 9.77. The van der Waals surface area contributed by atoms with Crippen LogP contribution in [0.1, 0.15) is 45.6 Å². The summed E-state index contributed by atoms with van der Waals surface area (Å²) in [5.74, 6) is -1.31. The molecule has 0 radical (unpaired) electrons. The Bertz CT molecular complexity index is 1330. The fourth-order valence-corrected chi connectivity index (χ4v) is 5.29. The van der Waals surface area contributed by atoms with E-state index in [2.05, 4.69) is 0 Å². The number of halogens is 5. The Labute approximate surface area is 210 Å². The van der Waals surface area contributed by atoms with Gasteiger partial charge in [-0.25, -0.2) is 0 Å². The number of aryl methyl sites for hydroxylation is 2. The van der Waals surface area contributed by atoms with Gasteiger partial charge < -0.3 is 14.6 Å². The fourth-order valence-electron chi connectivity index (χ4n) is 4.70. The minimum absolute atomic E-state index is 0.000101. The lowest BCUT2D eigenvalue weighted by Gasteiger charge is -2.19. The minimum atomic E-state index is -4.45. The molecule has 0 spiro atoms. The third-order valence-corrected chi connectivity index (χ3v) is 7.39. The molecule has 35 heavy (non-hydrogen) atoms. The highest BCUT2D eigenvalue weighted by Crippen LogP contribution is 2.36. The molecule has 1 fully saturated rings. The molecule has 1 saturated heterocycles. The molecule has 2 heterocycles. The molecule has 1 unspecified atom stereocenters. The molecule has 0 aliphatic carbocycles. The van der Waals surface area contributed by atoms with Crippen LogP contribution in [0.4, 0.5) is 13.2 Å². The first-order valence-corrected chi connectivity index (χ1v) is 11.8. The highest BCUT2D eigenvalue weighted by atomic mass is 35.5. The minimum Gasteiger partial charge on any atom is -0.481 e. The molecule has 0 saturated carbocycles. The second kappa shape index (κ2) is 9.39. The molecule has 10 heteroatoms. The quantitative estimate of drug-likeness (QED) is 0.421. The number of alkyl halides is 3. The number of carboxylic acids is 1. The summed E-state index contributed by atoms with van der Waals surface area (Å²) < 4.78 is 41.6. The molecule has 5 nitrogen and oxygen atoms in total. The maximum atomic E-state index is 13.3. The van der Waals surface area contributed by atoms with Gasteiger partial charge in [-0.2, -0.15) is 13.2 Å². The molecule has 1 aliphatic rings. The standard InChI is InChI=1S/C25H23Cl2F3N2O3/c1-13-7-15(25(28,29)30)9-21-18(13)10-16(31(21)2)11-19-20(26)4-3-17(23(19)27)24(35)32-6-5-14(12-32)8-22(33)34/h3-4,7,9-10,14H,5-6,8,11-12H2,1-2H3,(H,33,34). The van der Waals surface area contributed by atoms with Gasteiger partial charge in [0, 0.05) is 54.6 Å². The van der Waals surface area contributed by atoms with Crippen molar-refractivity contribution in [2.24, 2.45) is 13.0 Å². The predicted octanol–water partition coefficient (Wildman–Crippen LogP) is 6.34. The van der Waals surface area contributed by atoms with Gasteiger partial charge in [0.15, 0.2) is 0 Å². The summed E-state index contributed by atoms with van der Waals surface area (Å²) in [6, 6.07) is 7.18. The van der Waals surface area contributed by atoms with Crippen molar-refractivity contribution in [2.45, 2.75) is 32.4 Å². The lowest BCUT2D eigenvalue weighted by Crippen LogP contribution is -2.29. The summed E-state index contributed by atoms with van der Waals surface area (Å²) in [4.78, 5) is 25.7. The number of amides is 1. The van der Waals surface area contributed by atoms with Crippen molar-refractivity contribution in [3.05, 3.63) is 68.3 Å². The number of rotatable bonds is 5. The smallest absolute Gasteiger partial charge is 0.416 e. The third kappa shape index (κ3) is 5.00. The zero-order valence-electron chi connectivity index (χ0n) is 19.0. The summed E-state index contributed by atoms with van der Waals surface area (Å²) in [5.41, 5.74) is 1.68. The zero-order valence-corrected chi connectivity index (χ0v) is 20.6. The lowest BCUT2D eigenvalue weighted by molar-refractivity contribution is -0.138. The third-order valence-electron chi connectivity index (χ3n) is 6.61. The average Bonchev–Trinajstić information content (AvgIpc) is 3.35. The molecule has 0 bridgehead atoms. The van der Waals surface area contributed by atoms with Crippen LogP contribution in [0, 0.1) is 12.8 Å². The van der Waals surface area contributed by atoms with E-state index in [1.807, 2.05) is 6.07 Å². The van der Waals surface area contributed by atoms with Gasteiger partial charge in [0.1, 0.15) is 0 Å². The van der Waals surface area contributed by atoms with E-state index in [0.717, 1.165) is 12.1 Å². The monoisotopic (exact) mass is 526 g/mol. The van der Waals surface area contributed by atoms with E-state index in [1.165, 1.54) is 0 Å². The van der Waals surface area contributed by atoms with Crippen LogP contribution in [0.25, 0.3) is 10.9 Å². The van der Waals surface area contributed by atoms with Crippen LogP contribution in [-0.2, 0) is 24.4 Å². The van der Waals surface area contributed by atoms with Crippen molar-refractivity contribution in [1.29, 1.82) is 0 Å². The molecular formula is C25H23Cl2F3N2O3. The van der Waals surface area contributed by atoms with E-state index in [1.54, 1.807) is 35.6 Å². The number of carboxylic acid groups (broad SMARTS) is 1. The Morgan fingerprint density at radius 1 is 1.17 bits per heavy atom. The molecule has 1 N–H and O–H groups in total. The summed E-state index contributed by atoms with van der Waals surface area (Å²) >= 11 is 13.1. The van der Waals surface area contributed by atoms with Crippen LogP contribution in [-0.4, -0.2) is 39.5 Å². The second-order valence-electron chi connectivity index (χ2n) is 8.99. The summed E-state index contributed by atoms with van der Waals surface area (Å²) in [5, 5.41) is 10.2. The molecule has 1 amide bonds. The zero-order chi connectivity index (χ0) is 25.7. The summed E-state index contributed by atoms with van der Waals surface area (Å²) in [7, 11) is 1.68. The molecular weight excluding hydrogens is 504 g/mol. The maximum absolute atomic E-state index is 13.3. The van der Waals surface area contributed by atoms with Crippen molar-refractivity contribution in [2.75, 3.05) is 13.1 Å². The summed E-state index contributed by atoms with van der Waals surface area (Å²) in [6.45, 7) is 2.41. The first-order valence-electron chi connectivity index (χ1n) is 11.0. The van der Waals surface area contributed by atoms with E-state index in [4.69, 9.17) is 28.3 Å². The van der Waals surface area contributed by atoms with Crippen LogP contribution in [0.3, 0.4) is 0 Å². The van der Waals surface area contributed by atoms with Crippen molar-refractivity contribution in [3.63, 3.8) is 0 Å². The van der Waals surface area contributed by atoms with E-state index >= 15 is 0 Å². The van der Waals surface area contributed by atoms with Gasteiger partial charge in [0.05, 0.1) is 16.1 Å². The maximum Gasteiger partial charge on any atom is 0.416 e. The van der Waals surface area contributed by atoms with E-state index < -0.39 is 17.7 Å². The van der Waals surface area contributed by atoms with Crippen molar-refractivity contribution < 1.29 is 27.9 Å². The molecule has 186 valence electrons. The Balaban J connectivity index is 1.66. The van der Waals surface area contributed by atoms with Gasteiger partial charge in [0.2, 0.25) is 0 Å². The molecule has 4 rings (SSSR count). The normalized spacial score (nSPS) is 16.3. The number of hydrogen-bond donors (Lipinski definition) is 1. The topological polar surface area (TPSA) is 62.5 Å². The number of hydrogen-bond acceptors (Lipinski definition) is 2. The number of benzene rings is 2. The highest BCUT2D eigenvalue weighted by Gasteiger charge is 2.32. The van der Waals surface area contributed by atoms with E-state index in [-0.39, 0.29) is 35.3 Å². The highest BCUT2D eigenvalue weighted by molar-refractivity contribution is 6.38. The number of carbonyl (C=O) groups is 2. The average molecular weight is 527 g/mol. The Hall–Kier alpha value is -2.71. The van der Waals surface area contributed by atoms with Gasteiger partial charge in [0.25, 0.3) is 5.91 Å². The van der Waals surface area contributed by atoms with Gasteiger partial charge in [-0.15, -0.1) is 0 Å². The van der Waals surface area contributed by atoms with Crippen LogP contribution in [0.5, 0.6) is 0 Å². The largest absolute Gasteiger partial charge is 0.481 e. The van der Waals surface area contributed by atoms with Crippen molar-refractivity contribution in [3.8, 4) is 0 Å². The van der Waals surface area contributed by atoms with Gasteiger partial charge in [-0.05, 0) is 60.7 Å². The van der Waals surface area contributed by atoms with Gasteiger partial charge >= 0.3 is 12.1 Å². The first-order chi connectivity index (χ1) is 16.4. The fraction of sp³-hybridized carbons (Fsp3) is 0.360. The van der Waals surface area contributed by atoms with Gasteiger partial charge in [-0.3, -0.25) is 9.59 Å². The number of carbonyl (C=O) groups excluding carboxylic acids is 1. The van der Waals surface area contributed by atoms with Crippen LogP contribution < -0.4 is 0 Å². The summed E-state index contributed by atoms with van der Waals surface area (Å²) in [6.07, 6.45) is -3.64. The molecule has 1 atom stereocenters. The Kier molecular flexibility index (Phi) is 6.81. The Morgan fingerprint density at radius 3 is 2.54 bits per heavy atom. The Morgan fingerprint density at radius 2 is 1.89 bits per heavy atom. The number of fused-ring (bicyclic) bond motifs is 1. The molecule has 1 aliphatic heterocycles. The lowest BCUT2D eigenvalue weighted by atomic mass is 10.0. The van der Waals surface area contributed by atoms with Gasteiger partial charge in [-0.1, -0.05) is 23.2 Å². The number of nitrogens with zero attached hydrogens (tertiary/aromatic N) is 2. The van der Waals surface area contributed by atoms with Crippen LogP contribution >= 0.6 is 23.2 Å². The van der Waals surface area contributed by atoms with Crippen LogP contribution in [0.15, 0.2) is 30.3 Å². The number of likely N-dealkylation sites (tertiary alicyclic amines) is 1. The number of aliphatic carboxylic acids is 1. The molecule has 2 aromatic carbocycles. The first kappa shape index (κ1) is 25.4. The molecule has 3 aromatic rings. The van der Waals surface area contributed by atoms with Crippen molar-refractivity contribution in [1.82, 2.24) is 9.47 Å². The van der Waals surface area contributed by atoms with Crippen LogP contribution in [0.2, 0.25) is 10.0 Å². The van der Waals surface area contributed by atoms with E-state index in [9.17, 15) is 22.8 Å². The predicted molar refractivity (Wildman–Crippen MR) is 128 cm³/mol. The SMILES string of the molecule is Cc1cc(C(F)(F)F)cc2c1cc(Cc1c(Cl)ccc(C(=O)N3CCC(CC(=O)O)C3)c1Cl)n2C.